The first-order valence-electron chi connectivity index (χ1n) is 9.11. The Morgan fingerprint density at radius 2 is 1.90 bits per heavy atom. The number of thiophene rings is 1. The summed E-state index contributed by atoms with van der Waals surface area (Å²) in [6, 6.07) is 10.5. The smallest absolute Gasteiger partial charge is 0.270 e. The lowest BCUT2D eigenvalue weighted by molar-refractivity contribution is -0.384. The van der Waals surface area contributed by atoms with E-state index >= 15 is 0 Å². The van der Waals surface area contributed by atoms with E-state index in [1.54, 1.807) is 11.0 Å². The van der Waals surface area contributed by atoms with Crippen LogP contribution in [0.25, 0.3) is 15.7 Å². The van der Waals surface area contributed by atoms with E-state index < -0.39 is 10.5 Å². The monoisotopic (exact) mass is 426 g/mol. The van der Waals surface area contributed by atoms with Crippen molar-refractivity contribution in [1.29, 1.82) is 0 Å². The Balaban J connectivity index is 1.88. The molecule has 0 N–H and O–H groups in total. The minimum absolute atomic E-state index is 0.0212. The number of benzene rings is 2. The molecule has 0 saturated heterocycles. The third-order valence-electron chi connectivity index (χ3n) is 5.19. The number of fused-ring (bicyclic) bond motifs is 2. The van der Waals surface area contributed by atoms with Crippen molar-refractivity contribution in [2.75, 3.05) is 4.90 Å². The van der Waals surface area contributed by atoms with Gasteiger partial charge >= 0.3 is 0 Å². The van der Waals surface area contributed by atoms with E-state index in [1.165, 1.54) is 23.5 Å². The first-order chi connectivity index (χ1) is 13.6. The molecule has 3 aromatic rings. The summed E-state index contributed by atoms with van der Waals surface area (Å²) in [6.07, 6.45) is 2.08. The van der Waals surface area contributed by atoms with Gasteiger partial charge in [-0.2, -0.15) is 0 Å². The van der Waals surface area contributed by atoms with Crippen LogP contribution in [0.2, 0.25) is 5.02 Å². The van der Waals surface area contributed by atoms with Gasteiger partial charge in [-0.05, 0) is 51.5 Å². The van der Waals surface area contributed by atoms with Crippen LogP contribution in [0.3, 0.4) is 0 Å². The molecular formula is C22H19ClN2O3S. The number of nitrogens with zero attached hydrogens (tertiary/aromatic N) is 2. The number of hydrogen-bond acceptors (Lipinski definition) is 4. The lowest BCUT2D eigenvalue weighted by atomic mass is 9.88. The van der Waals surface area contributed by atoms with Crippen LogP contribution >= 0.6 is 22.9 Å². The molecule has 0 bridgehead atoms. The summed E-state index contributed by atoms with van der Waals surface area (Å²) >= 11 is 7.74. The molecule has 0 radical (unpaired) electrons. The standard InChI is InChI=1S/C22H19ClN2O3S/c1-12-5-8-17-16(9-12)13(2)11-22(3,4)24(17)21(26)20-19(23)15-7-6-14(25(27)28)10-18(15)29-20/h5-11H,1-4H3. The fourth-order valence-electron chi connectivity index (χ4n) is 3.92. The fraction of sp³-hybridized carbons (Fsp3) is 0.227. The van der Waals surface area contributed by atoms with Gasteiger partial charge in [0, 0.05) is 27.8 Å². The lowest BCUT2D eigenvalue weighted by Gasteiger charge is -2.41. The molecule has 1 aliphatic rings. The predicted octanol–water partition coefficient (Wildman–Crippen LogP) is 6.61. The van der Waals surface area contributed by atoms with Crippen molar-refractivity contribution in [3.63, 3.8) is 0 Å². The number of carbonyl (C=O) groups is 1. The second kappa shape index (κ2) is 6.68. The quantitative estimate of drug-likeness (QED) is 0.342. The maximum Gasteiger partial charge on any atom is 0.270 e. The number of carbonyl (C=O) groups excluding carboxylic acids is 1. The summed E-state index contributed by atoms with van der Waals surface area (Å²) in [5.41, 5.74) is 3.53. The van der Waals surface area contributed by atoms with Crippen LogP contribution in [0.5, 0.6) is 0 Å². The van der Waals surface area contributed by atoms with Crippen LogP contribution < -0.4 is 4.90 Å². The number of hydrogen-bond donors (Lipinski definition) is 0. The minimum Gasteiger partial charge on any atom is -0.298 e. The van der Waals surface area contributed by atoms with Gasteiger partial charge in [0.1, 0.15) is 4.88 Å². The van der Waals surface area contributed by atoms with Crippen molar-refractivity contribution in [2.24, 2.45) is 0 Å². The molecule has 29 heavy (non-hydrogen) atoms. The van der Waals surface area contributed by atoms with Crippen molar-refractivity contribution in [3.8, 4) is 0 Å². The first-order valence-corrected chi connectivity index (χ1v) is 10.3. The van der Waals surface area contributed by atoms with E-state index in [9.17, 15) is 14.9 Å². The highest BCUT2D eigenvalue weighted by atomic mass is 35.5. The second-order valence-electron chi connectivity index (χ2n) is 7.82. The maximum absolute atomic E-state index is 13.7. The van der Waals surface area contributed by atoms with E-state index in [4.69, 9.17) is 11.6 Å². The zero-order valence-corrected chi connectivity index (χ0v) is 18.0. The van der Waals surface area contributed by atoms with Crippen LogP contribution in [0.4, 0.5) is 11.4 Å². The van der Waals surface area contributed by atoms with Crippen LogP contribution in [0.1, 0.15) is 41.6 Å². The van der Waals surface area contributed by atoms with E-state index in [1.807, 2.05) is 39.8 Å². The van der Waals surface area contributed by atoms with Crippen LogP contribution in [0.15, 0.2) is 42.5 Å². The molecule has 0 unspecified atom stereocenters. The molecule has 2 aromatic carbocycles. The Morgan fingerprint density at radius 1 is 1.17 bits per heavy atom. The topological polar surface area (TPSA) is 63.5 Å². The molecule has 0 fully saturated rings. The average Bonchev–Trinajstić information content (AvgIpc) is 2.97. The molecule has 1 amide bonds. The second-order valence-corrected chi connectivity index (χ2v) is 9.26. The third-order valence-corrected chi connectivity index (χ3v) is 6.83. The van der Waals surface area contributed by atoms with Gasteiger partial charge in [-0.3, -0.25) is 19.8 Å². The van der Waals surface area contributed by atoms with Gasteiger partial charge in [0.15, 0.2) is 0 Å². The number of allylic oxidation sites excluding steroid dienone is 1. The molecular weight excluding hydrogens is 408 g/mol. The van der Waals surface area contributed by atoms with Gasteiger partial charge in [-0.15, -0.1) is 11.3 Å². The van der Waals surface area contributed by atoms with Crippen LogP contribution in [0, 0.1) is 17.0 Å². The molecule has 0 saturated carbocycles. The lowest BCUT2D eigenvalue weighted by Crippen LogP contribution is -2.48. The van der Waals surface area contributed by atoms with Crippen molar-refractivity contribution in [2.45, 2.75) is 33.2 Å². The SMILES string of the molecule is CC1=CC(C)(C)N(C(=O)c2sc3cc([N+](=O)[O-])ccc3c2Cl)c2ccc(C)cc21. The van der Waals surface area contributed by atoms with Crippen molar-refractivity contribution >= 4 is 55.9 Å². The number of aryl methyl sites for hydroxylation is 1. The zero-order valence-electron chi connectivity index (χ0n) is 16.4. The first kappa shape index (κ1) is 19.6. The van der Waals surface area contributed by atoms with E-state index in [-0.39, 0.29) is 11.6 Å². The van der Waals surface area contributed by atoms with Crippen LogP contribution in [-0.2, 0) is 0 Å². The molecule has 0 aliphatic carbocycles. The Bertz CT molecular complexity index is 1230. The number of non-ortho nitro benzene ring substituents is 1. The molecule has 148 valence electrons. The average molecular weight is 427 g/mol. The fourth-order valence-corrected chi connectivity index (χ4v) is 5.40. The molecule has 1 aromatic heterocycles. The number of rotatable bonds is 2. The molecule has 4 rings (SSSR count). The number of amides is 1. The third kappa shape index (κ3) is 3.12. The number of nitro benzene ring substituents is 1. The molecule has 0 atom stereocenters. The Morgan fingerprint density at radius 3 is 2.59 bits per heavy atom. The number of anilines is 1. The summed E-state index contributed by atoms with van der Waals surface area (Å²) in [5, 5.41) is 12.1. The normalized spacial score (nSPS) is 15.2. The molecule has 5 nitrogen and oxygen atoms in total. The Hall–Kier alpha value is -2.70. The summed E-state index contributed by atoms with van der Waals surface area (Å²) in [7, 11) is 0. The van der Waals surface area contributed by atoms with Gasteiger partial charge in [0.25, 0.3) is 11.6 Å². The van der Waals surface area contributed by atoms with Crippen molar-refractivity contribution in [3.05, 3.63) is 73.6 Å². The summed E-state index contributed by atoms with van der Waals surface area (Å²) in [6.45, 7) is 8.05. The number of halogens is 1. The van der Waals surface area contributed by atoms with Gasteiger partial charge in [0.2, 0.25) is 0 Å². The molecule has 1 aliphatic heterocycles. The highest BCUT2D eigenvalue weighted by Gasteiger charge is 2.38. The van der Waals surface area contributed by atoms with E-state index in [0.717, 1.165) is 22.4 Å². The highest BCUT2D eigenvalue weighted by molar-refractivity contribution is 7.21. The number of nitro groups is 1. The molecule has 2 heterocycles. The van der Waals surface area contributed by atoms with Gasteiger partial charge in [0.05, 0.1) is 21.2 Å². The predicted molar refractivity (Wildman–Crippen MR) is 119 cm³/mol. The largest absolute Gasteiger partial charge is 0.298 e. The summed E-state index contributed by atoms with van der Waals surface area (Å²) < 4.78 is 0.623. The Labute approximate surface area is 177 Å². The summed E-state index contributed by atoms with van der Waals surface area (Å²) in [5.74, 6) is -0.210. The Kier molecular flexibility index (Phi) is 4.52. The molecule has 0 spiro atoms. The van der Waals surface area contributed by atoms with Gasteiger partial charge < -0.3 is 0 Å². The minimum atomic E-state index is -0.547. The van der Waals surface area contributed by atoms with Gasteiger partial charge in [-0.1, -0.05) is 29.3 Å². The van der Waals surface area contributed by atoms with Crippen molar-refractivity contribution in [1.82, 2.24) is 0 Å². The van der Waals surface area contributed by atoms with E-state index in [2.05, 4.69) is 12.1 Å². The molecule has 7 heteroatoms. The summed E-state index contributed by atoms with van der Waals surface area (Å²) in [4.78, 5) is 26.5. The van der Waals surface area contributed by atoms with Crippen molar-refractivity contribution < 1.29 is 9.72 Å². The van der Waals surface area contributed by atoms with Crippen LogP contribution in [-0.4, -0.2) is 16.4 Å². The van der Waals surface area contributed by atoms with Gasteiger partial charge in [-0.25, -0.2) is 0 Å². The highest BCUT2D eigenvalue weighted by Crippen LogP contribution is 2.43. The van der Waals surface area contributed by atoms with E-state index in [0.29, 0.717) is 20.0 Å². The maximum atomic E-state index is 13.7. The zero-order chi connectivity index (χ0) is 21.1.